The quantitative estimate of drug-likeness (QED) is 0.542. The number of hydrazone groups is 1. The molecule has 4 rings (SSSR count). The summed E-state index contributed by atoms with van der Waals surface area (Å²) in [5.41, 5.74) is 16.5. The van der Waals surface area contributed by atoms with Crippen molar-refractivity contribution < 1.29 is 0 Å². The van der Waals surface area contributed by atoms with Crippen LogP contribution in [0.5, 0.6) is 0 Å². The van der Waals surface area contributed by atoms with Crippen LogP contribution in [0.2, 0.25) is 0 Å². The first kappa shape index (κ1) is 21.6. The van der Waals surface area contributed by atoms with E-state index in [0.717, 1.165) is 31.6 Å². The van der Waals surface area contributed by atoms with Crippen molar-refractivity contribution in [1.82, 2.24) is 19.8 Å². The summed E-state index contributed by atoms with van der Waals surface area (Å²) in [4.78, 5) is 11.8. The van der Waals surface area contributed by atoms with Gasteiger partial charge in [0.1, 0.15) is 17.2 Å². The van der Waals surface area contributed by atoms with Crippen LogP contribution in [0.3, 0.4) is 0 Å². The molecule has 0 radical (unpaired) electrons. The summed E-state index contributed by atoms with van der Waals surface area (Å²) in [5.74, 6) is 1.95. The van der Waals surface area contributed by atoms with E-state index in [1.54, 1.807) is 9.69 Å². The van der Waals surface area contributed by atoms with Gasteiger partial charge in [-0.3, -0.25) is 5.41 Å². The number of aliphatic imine (C=N–C) groups is 1. The Labute approximate surface area is 187 Å². The Hall–Kier alpha value is -3.63. The molecule has 2 aliphatic rings. The standard InChI is InChI=1S/C21H31N11/c1-5-31-18(23)16(12(3)28-31)25-15-11-14(22)21(30-9-7-8-10-30)27-20(15)26-17-13(4)29-32(6-2)19(17)24/h11,24-25H,5-10,22-23H2,1-4H3/b24-19?,26-17-. The first-order chi connectivity index (χ1) is 15.3. The van der Waals surface area contributed by atoms with Crippen molar-refractivity contribution in [2.75, 3.05) is 41.3 Å². The maximum atomic E-state index is 8.46. The van der Waals surface area contributed by atoms with Crippen LogP contribution in [-0.4, -0.2) is 56.7 Å². The second-order valence-electron chi connectivity index (χ2n) is 7.96. The average Bonchev–Trinajstić information content (AvgIpc) is 3.46. The van der Waals surface area contributed by atoms with Crippen molar-refractivity contribution in [3.05, 3.63) is 11.8 Å². The first-order valence-electron chi connectivity index (χ1n) is 11.0. The number of nitrogens with zero attached hydrogens (tertiary/aromatic N) is 7. The molecule has 1 fully saturated rings. The monoisotopic (exact) mass is 437 g/mol. The van der Waals surface area contributed by atoms with Gasteiger partial charge in [0.25, 0.3) is 0 Å². The normalized spacial score (nSPS) is 17.6. The van der Waals surface area contributed by atoms with E-state index < -0.39 is 0 Å². The highest BCUT2D eigenvalue weighted by molar-refractivity contribution is 6.69. The number of nitrogen functional groups attached to an aromatic ring is 2. The summed E-state index contributed by atoms with van der Waals surface area (Å²) in [6, 6.07) is 1.84. The number of anilines is 5. The summed E-state index contributed by atoms with van der Waals surface area (Å²) in [7, 11) is 0. The highest BCUT2D eigenvalue weighted by Crippen LogP contribution is 2.37. The van der Waals surface area contributed by atoms with E-state index in [9.17, 15) is 0 Å². The van der Waals surface area contributed by atoms with Crippen LogP contribution in [0, 0.1) is 12.3 Å². The number of amidine groups is 1. The zero-order chi connectivity index (χ0) is 23.0. The van der Waals surface area contributed by atoms with E-state index in [-0.39, 0.29) is 5.84 Å². The SMILES string of the molecule is CCN1N=C(C)/C(=N/c2nc(N3CCCC3)c(N)cc2Nc2c(C)nn(CC)c2N)C1=N. The van der Waals surface area contributed by atoms with Crippen LogP contribution in [0.15, 0.2) is 16.2 Å². The van der Waals surface area contributed by atoms with Gasteiger partial charge in [0, 0.05) is 26.2 Å². The van der Waals surface area contributed by atoms with Crippen LogP contribution < -0.4 is 21.7 Å². The van der Waals surface area contributed by atoms with Gasteiger partial charge in [0.15, 0.2) is 17.5 Å². The number of pyridine rings is 1. The van der Waals surface area contributed by atoms with E-state index in [1.807, 2.05) is 33.8 Å². The number of aromatic nitrogens is 3. The van der Waals surface area contributed by atoms with Crippen LogP contribution in [0.25, 0.3) is 0 Å². The number of hydrogen-bond acceptors (Lipinski definition) is 9. The van der Waals surface area contributed by atoms with Crippen molar-refractivity contribution >= 4 is 51.8 Å². The summed E-state index contributed by atoms with van der Waals surface area (Å²) >= 11 is 0. The lowest BCUT2D eigenvalue weighted by Crippen LogP contribution is -2.26. The van der Waals surface area contributed by atoms with Gasteiger partial charge in [-0.2, -0.15) is 10.2 Å². The van der Waals surface area contributed by atoms with Crippen molar-refractivity contribution in [1.29, 1.82) is 5.41 Å². The van der Waals surface area contributed by atoms with Crippen molar-refractivity contribution in [2.45, 2.75) is 47.1 Å². The average molecular weight is 438 g/mol. The number of aryl methyl sites for hydroxylation is 2. The van der Waals surface area contributed by atoms with E-state index in [2.05, 4.69) is 20.4 Å². The fourth-order valence-corrected chi connectivity index (χ4v) is 4.04. The molecule has 4 heterocycles. The smallest absolute Gasteiger partial charge is 0.178 e. The first-order valence-corrected chi connectivity index (χ1v) is 11.0. The molecule has 11 heteroatoms. The number of rotatable bonds is 6. The van der Waals surface area contributed by atoms with Gasteiger partial charge < -0.3 is 21.7 Å². The Balaban J connectivity index is 1.82. The fraction of sp³-hybridized carbons (Fsp3) is 0.476. The molecule has 0 saturated carbocycles. The van der Waals surface area contributed by atoms with Gasteiger partial charge in [0.2, 0.25) is 0 Å². The molecule has 32 heavy (non-hydrogen) atoms. The summed E-state index contributed by atoms with van der Waals surface area (Å²) < 4.78 is 1.74. The molecule has 0 spiro atoms. The van der Waals surface area contributed by atoms with E-state index in [0.29, 0.717) is 59.0 Å². The van der Waals surface area contributed by atoms with Crippen LogP contribution >= 0.6 is 0 Å². The van der Waals surface area contributed by atoms with Crippen LogP contribution in [0.4, 0.5) is 34.5 Å². The lowest BCUT2D eigenvalue weighted by molar-refractivity contribution is 0.481. The third kappa shape index (κ3) is 3.74. The lowest BCUT2D eigenvalue weighted by atomic mass is 10.2. The maximum absolute atomic E-state index is 8.46. The third-order valence-corrected chi connectivity index (χ3v) is 5.76. The molecule has 0 bridgehead atoms. The molecule has 0 aromatic carbocycles. The Morgan fingerprint density at radius 1 is 1.16 bits per heavy atom. The van der Waals surface area contributed by atoms with Gasteiger partial charge in [-0.15, -0.1) is 0 Å². The van der Waals surface area contributed by atoms with Gasteiger partial charge in [-0.25, -0.2) is 19.7 Å². The molecule has 1 saturated heterocycles. The minimum absolute atomic E-state index is 0.256. The fourth-order valence-electron chi connectivity index (χ4n) is 4.04. The molecule has 0 atom stereocenters. The van der Waals surface area contributed by atoms with Crippen molar-refractivity contribution in [3.8, 4) is 0 Å². The predicted molar refractivity (Wildman–Crippen MR) is 131 cm³/mol. The molecule has 11 nitrogen and oxygen atoms in total. The molecule has 0 amide bonds. The molecule has 2 aromatic rings. The number of hydrogen-bond donors (Lipinski definition) is 4. The summed E-state index contributed by atoms with van der Waals surface area (Å²) in [6.45, 7) is 10.8. The Bertz CT molecular complexity index is 1110. The number of nitrogens with two attached hydrogens (primary N) is 2. The van der Waals surface area contributed by atoms with Gasteiger partial charge in [-0.1, -0.05) is 0 Å². The Morgan fingerprint density at radius 3 is 2.47 bits per heavy atom. The third-order valence-electron chi connectivity index (χ3n) is 5.76. The Morgan fingerprint density at radius 2 is 1.88 bits per heavy atom. The zero-order valence-corrected chi connectivity index (χ0v) is 19.1. The molecule has 0 aliphatic carbocycles. The molecule has 0 unspecified atom stereocenters. The number of nitrogens with one attached hydrogen (secondary N) is 2. The molecular weight excluding hydrogens is 406 g/mol. The van der Waals surface area contributed by atoms with Crippen LogP contribution in [0.1, 0.15) is 39.3 Å². The van der Waals surface area contributed by atoms with Crippen molar-refractivity contribution in [2.24, 2.45) is 10.1 Å². The molecule has 2 aromatic heterocycles. The molecular formula is C21H31N11. The Kier molecular flexibility index (Phi) is 5.72. The second kappa shape index (κ2) is 8.48. The minimum Gasteiger partial charge on any atom is -0.396 e. The van der Waals surface area contributed by atoms with E-state index >= 15 is 0 Å². The minimum atomic E-state index is 0.256. The summed E-state index contributed by atoms with van der Waals surface area (Å²) in [6.07, 6.45) is 2.22. The largest absolute Gasteiger partial charge is 0.396 e. The zero-order valence-electron chi connectivity index (χ0n) is 19.1. The van der Waals surface area contributed by atoms with E-state index in [4.69, 9.17) is 26.9 Å². The van der Waals surface area contributed by atoms with Gasteiger partial charge in [0.05, 0.1) is 22.8 Å². The second-order valence-corrected chi connectivity index (χ2v) is 7.96. The predicted octanol–water partition coefficient (Wildman–Crippen LogP) is 2.88. The highest BCUT2D eigenvalue weighted by atomic mass is 15.5. The van der Waals surface area contributed by atoms with Gasteiger partial charge in [-0.05, 0) is 46.6 Å². The molecule has 2 aliphatic heterocycles. The topological polar surface area (TPSA) is 150 Å². The van der Waals surface area contributed by atoms with Crippen molar-refractivity contribution in [3.63, 3.8) is 0 Å². The molecule has 170 valence electrons. The van der Waals surface area contributed by atoms with Crippen LogP contribution in [-0.2, 0) is 6.54 Å². The summed E-state index contributed by atoms with van der Waals surface area (Å²) in [5, 5.41) is 22.3. The highest BCUT2D eigenvalue weighted by Gasteiger charge is 2.26. The lowest BCUT2D eigenvalue weighted by Gasteiger charge is -2.20. The molecule has 6 N–H and O–H groups in total. The maximum Gasteiger partial charge on any atom is 0.178 e. The van der Waals surface area contributed by atoms with E-state index in [1.165, 1.54) is 0 Å². The van der Waals surface area contributed by atoms with Gasteiger partial charge >= 0.3 is 0 Å².